The Morgan fingerprint density at radius 2 is 1.00 bits per heavy atom. The van der Waals surface area contributed by atoms with Gasteiger partial charge in [-0.3, -0.25) is 42.5 Å². The fourth-order valence-electron chi connectivity index (χ4n) is 8.01. The molecule has 0 unspecified atom stereocenters. The first-order valence-electron chi connectivity index (χ1n) is 24.8. The molecule has 2 fully saturated rings. The molecule has 2 aliphatic rings. The van der Waals surface area contributed by atoms with Crippen LogP contribution in [0.2, 0.25) is 15.1 Å². The van der Waals surface area contributed by atoms with Crippen LogP contribution < -0.4 is 27.5 Å². The van der Waals surface area contributed by atoms with Crippen molar-refractivity contribution in [2.24, 2.45) is 0 Å². The van der Waals surface area contributed by atoms with Crippen molar-refractivity contribution in [1.82, 2.24) is 38.9 Å². The Balaban J connectivity index is 0.000000180. The highest BCUT2D eigenvalue weighted by atomic mass is 79.9. The first-order chi connectivity index (χ1) is 39.4. The third-order valence-corrected chi connectivity index (χ3v) is 13.6. The number of fused-ring (bicyclic) bond motifs is 3. The molecule has 1 amide bonds. The van der Waals surface area contributed by atoms with Crippen LogP contribution >= 0.6 is 63.1 Å². The average Bonchev–Trinajstić information content (AvgIpc) is 2.30. The van der Waals surface area contributed by atoms with Gasteiger partial charge >= 0.3 is 19.1 Å². The van der Waals surface area contributed by atoms with Gasteiger partial charge in [0.05, 0.1) is 84.5 Å². The van der Waals surface area contributed by atoms with Gasteiger partial charge in [0.1, 0.15) is 19.6 Å². The van der Waals surface area contributed by atoms with E-state index in [1.54, 1.807) is 122 Å². The van der Waals surface area contributed by atoms with Crippen LogP contribution in [-0.2, 0) is 38.8 Å². The van der Waals surface area contributed by atoms with Crippen LogP contribution in [-0.4, -0.2) is 118 Å². The van der Waals surface area contributed by atoms with Gasteiger partial charge in [-0.15, -0.1) is 12.4 Å². The lowest BCUT2D eigenvalue weighted by atomic mass is 9.81. The first kappa shape index (κ1) is 65.6. The van der Waals surface area contributed by atoms with Crippen LogP contribution in [0.4, 0.5) is 17.6 Å². The molecule has 4 N–H and O–H groups in total. The number of carboxylic acid groups (broad SMARTS) is 1. The van der Waals surface area contributed by atoms with Crippen molar-refractivity contribution in [3.05, 3.63) is 197 Å². The Morgan fingerprint density at radius 3 is 1.39 bits per heavy atom. The second kappa shape index (κ2) is 29.3. The molecule has 0 spiro atoms. The predicted octanol–water partition coefficient (Wildman–Crippen LogP) is 8.38. The van der Waals surface area contributed by atoms with E-state index in [1.807, 2.05) is 12.1 Å². The summed E-state index contributed by atoms with van der Waals surface area (Å²) in [7, 11) is -1.41. The summed E-state index contributed by atoms with van der Waals surface area (Å²) in [5.41, 5.74) is 4.00. The molecule has 0 bridgehead atoms. The number of hydrogen-bond donors (Lipinski definition) is 4. The average molecular weight is 1300 g/mol. The zero-order valence-corrected chi connectivity index (χ0v) is 48.5. The van der Waals surface area contributed by atoms with Crippen molar-refractivity contribution in [2.45, 2.75) is 38.4 Å². The summed E-state index contributed by atoms with van der Waals surface area (Å²) in [5, 5.41) is 31.6. The molecule has 6 aromatic carbocycles. The lowest BCUT2D eigenvalue weighted by Gasteiger charge is -2.38. The van der Waals surface area contributed by atoms with Crippen molar-refractivity contribution in [1.29, 1.82) is 0 Å². The molecule has 11 rings (SSSR count). The summed E-state index contributed by atoms with van der Waals surface area (Å²) in [6.45, 7) is -0.357. The van der Waals surface area contributed by atoms with Crippen LogP contribution in [0.1, 0.15) is 6.92 Å². The van der Waals surface area contributed by atoms with E-state index in [0.717, 1.165) is 25.2 Å². The number of ether oxygens (including phenoxy) is 1. The van der Waals surface area contributed by atoms with E-state index in [0.29, 0.717) is 68.8 Å². The molecule has 2 saturated heterocycles. The van der Waals surface area contributed by atoms with Gasteiger partial charge in [-0.05, 0) is 111 Å². The number of aromatic nitrogens is 6. The van der Waals surface area contributed by atoms with Gasteiger partial charge < -0.3 is 30.1 Å². The Bertz CT molecular complexity index is 3990. The minimum atomic E-state index is -2.84. The van der Waals surface area contributed by atoms with Crippen molar-refractivity contribution < 1.29 is 51.8 Å². The quantitative estimate of drug-likeness (QED) is 0.0571. The SMILES string of the molecule is CCOC(=O)Cn1cnc2cccc(Br)c2c1=O.Cl.FC1(F)CNC1.O=C(Cn1cnc2cccc(-c3ccc(Cl)cc3)c2c1=O)N1CC(F)(F)C1.O=C(O)Cn1cnc2cccc(-c3ccc(Cl)cc3)c2c1=O.OB(O)c1ccc(Cl)cc1. The predicted molar refractivity (Wildman–Crippen MR) is 319 cm³/mol. The maximum atomic E-state index is 13.0. The molecular formula is C56H48BBrCl4F4N8O10. The molecule has 18 nitrogen and oxygen atoms in total. The fraction of sp³-hybridized carbons (Fsp3) is 0.196. The Kier molecular flexibility index (Phi) is 22.9. The molecule has 3 aromatic heterocycles. The third-order valence-electron chi connectivity index (χ3n) is 12.2. The number of amides is 1. The number of likely N-dealkylation sites (tertiary alicyclic amines) is 1. The number of carbonyl (C=O) groups excluding carboxylic acids is 2. The minimum absolute atomic E-state index is 0. The number of benzene rings is 6. The molecule has 28 heteroatoms. The molecule has 0 radical (unpaired) electrons. The van der Waals surface area contributed by atoms with Gasteiger partial charge in [0, 0.05) is 19.5 Å². The Labute approximate surface area is 504 Å². The number of nitrogens with zero attached hydrogens (tertiary/aromatic N) is 7. The standard InChI is InChI=1S/C19H14ClF2N3O2.C16H11ClN2O3.C12H11BrN2O3.C6H6BClO2.C3H5F2N.ClH/c20-13-6-4-12(5-7-13)14-2-1-3-15-17(14)18(27)24(11-23-15)8-16(26)25-9-19(21,22)10-25;17-11-6-4-10(5-7-11)12-2-1-3-13-15(12)16(22)19(9-18-13)8-14(20)21;1-2-18-10(16)6-15-7-14-9-5-3-4-8(13)11(9)12(15)17;8-6-3-1-5(2-4-6)7(9)10;4-3(5)1-6-2-3;/h1-7,11H,8-10H2;1-7,9H,8H2,(H,20,21);3-5,7H,2,6H2,1H3;1-4,9-10H;6H,1-2H2;1H. The van der Waals surface area contributed by atoms with Crippen LogP contribution in [0.15, 0.2) is 165 Å². The number of carbonyl (C=O) groups is 3. The molecule has 438 valence electrons. The zero-order valence-electron chi connectivity index (χ0n) is 43.9. The van der Waals surface area contributed by atoms with Crippen molar-refractivity contribution in [2.75, 3.05) is 32.8 Å². The Hall–Kier alpha value is -7.55. The van der Waals surface area contributed by atoms with E-state index < -0.39 is 62.0 Å². The van der Waals surface area contributed by atoms with E-state index in [1.165, 1.54) is 23.5 Å². The van der Waals surface area contributed by atoms with Crippen molar-refractivity contribution in [3.8, 4) is 22.3 Å². The molecule has 0 saturated carbocycles. The number of rotatable bonds is 10. The van der Waals surface area contributed by atoms with E-state index in [4.69, 9.17) is 54.7 Å². The summed E-state index contributed by atoms with van der Waals surface area (Å²) in [6.07, 6.45) is 3.88. The van der Waals surface area contributed by atoms with Gasteiger partial charge in [0.2, 0.25) is 5.91 Å². The fourth-order valence-corrected chi connectivity index (χ4v) is 8.92. The van der Waals surface area contributed by atoms with Gasteiger partial charge in [0.15, 0.2) is 0 Å². The van der Waals surface area contributed by atoms with Crippen LogP contribution in [0.5, 0.6) is 0 Å². The first-order valence-corrected chi connectivity index (χ1v) is 26.7. The number of aliphatic carboxylic acids is 1. The summed E-state index contributed by atoms with van der Waals surface area (Å²) >= 11 is 20.7. The number of hydrogen-bond acceptors (Lipinski definition) is 13. The summed E-state index contributed by atoms with van der Waals surface area (Å²) in [4.78, 5) is 85.6. The smallest absolute Gasteiger partial charge is 0.480 e. The minimum Gasteiger partial charge on any atom is -0.480 e. The van der Waals surface area contributed by atoms with E-state index in [9.17, 15) is 46.3 Å². The highest BCUT2D eigenvalue weighted by Gasteiger charge is 2.46. The molecule has 2 aliphatic heterocycles. The van der Waals surface area contributed by atoms with E-state index in [2.05, 4.69) is 36.2 Å². The van der Waals surface area contributed by atoms with E-state index in [-0.39, 0.29) is 56.3 Å². The number of nitrogens with one attached hydrogen (secondary N) is 1. The maximum Gasteiger partial charge on any atom is 0.488 e. The number of alkyl halides is 4. The second-order valence-electron chi connectivity index (χ2n) is 18.3. The van der Waals surface area contributed by atoms with Crippen molar-refractivity contribution in [3.63, 3.8) is 0 Å². The summed E-state index contributed by atoms with van der Waals surface area (Å²) in [6, 6.07) is 36.4. The maximum absolute atomic E-state index is 13.0. The molecule has 0 atom stereocenters. The van der Waals surface area contributed by atoms with Gasteiger partial charge in [0.25, 0.3) is 28.5 Å². The number of esters is 1. The van der Waals surface area contributed by atoms with Gasteiger partial charge in [-0.2, -0.15) is 0 Å². The molecule has 9 aromatic rings. The normalized spacial score (nSPS) is 13.3. The van der Waals surface area contributed by atoms with Crippen molar-refractivity contribution >= 4 is 126 Å². The zero-order chi connectivity index (χ0) is 60.2. The molecule has 5 heterocycles. The lowest BCUT2D eigenvalue weighted by Crippen LogP contribution is -2.59. The highest BCUT2D eigenvalue weighted by molar-refractivity contribution is 9.10. The molecular weight excluding hydrogens is 1250 g/mol. The topological polar surface area (TPSA) is 241 Å². The summed E-state index contributed by atoms with van der Waals surface area (Å²) < 4.78 is 57.8. The van der Waals surface area contributed by atoms with Crippen LogP contribution in [0, 0.1) is 0 Å². The lowest BCUT2D eigenvalue weighted by molar-refractivity contribution is -0.166. The second-order valence-corrected chi connectivity index (χ2v) is 20.4. The third kappa shape index (κ3) is 17.3. The van der Waals surface area contributed by atoms with E-state index >= 15 is 0 Å². The van der Waals surface area contributed by atoms with Gasteiger partial charge in [-0.25, -0.2) is 32.5 Å². The van der Waals surface area contributed by atoms with Crippen LogP contribution in [0.3, 0.4) is 0 Å². The Morgan fingerprint density at radius 1 is 0.607 bits per heavy atom. The number of halogens is 9. The summed E-state index contributed by atoms with van der Waals surface area (Å²) in [5.74, 6) is -7.31. The largest absolute Gasteiger partial charge is 0.488 e. The van der Waals surface area contributed by atoms with Gasteiger partial charge in [-0.1, -0.05) is 102 Å². The highest BCUT2D eigenvalue weighted by Crippen LogP contribution is 2.30. The molecule has 0 aliphatic carbocycles. The molecule has 84 heavy (non-hydrogen) atoms. The van der Waals surface area contributed by atoms with Crippen LogP contribution in [0.25, 0.3) is 55.0 Å². The number of carboxylic acids is 1. The monoisotopic (exact) mass is 1300 g/mol.